The summed E-state index contributed by atoms with van der Waals surface area (Å²) in [5.41, 5.74) is -2.40. The first-order valence-corrected chi connectivity index (χ1v) is 14.3. The summed E-state index contributed by atoms with van der Waals surface area (Å²) in [4.78, 5) is 23.7. The number of halogens is 3. The van der Waals surface area contributed by atoms with E-state index in [9.17, 15) is 36.3 Å². The van der Waals surface area contributed by atoms with Crippen molar-refractivity contribution in [1.82, 2.24) is 9.78 Å². The average molecular weight is 605 g/mol. The van der Waals surface area contributed by atoms with Crippen LogP contribution in [0.4, 0.5) is 29.3 Å². The molecule has 12 nitrogen and oxygen atoms in total. The van der Waals surface area contributed by atoms with Crippen molar-refractivity contribution in [3.05, 3.63) is 23.9 Å². The molecule has 3 heterocycles. The maximum absolute atomic E-state index is 14.2. The van der Waals surface area contributed by atoms with Gasteiger partial charge < -0.3 is 19.3 Å². The minimum atomic E-state index is -4.83. The Hall–Kier alpha value is -3.69. The summed E-state index contributed by atoms with van der Waals surface area (Å²) in [6, 6.07) is 3.87. The number of aryl methyl sites for hydroxylation is 1. The van der Waals surface area contributed by atoms with Crippen molar-refractivity contribution in [2.24, 2.45) is 5.92 Å². The Morgan fingerprint density at radius 2 is 1.98 bits per heavy atom. The van der Waals surface area contributed by atoms with Crippen molar-refractivity contribution in [1.29, 1.82) is 0 Å². The molecular weight excluding hydrogens is 573 g/mol. The molecule has 16 heteroatoms. The second-order valence-corrected chi connectivity index (χ2v) is 12.2. The molecule has 0 saturated heterocycles. The van der Waals surface area contributed by atoms with Crippen LogP contribution in [0.25, 0.3) is 0 Å². The standard InChI is InChI=1S/C25H31F3N4O8S/c1-14(22(33)34)11-16-13-32(41(36,37)20-17-7-5-6-10-31(17)30-21(20)38-4)18-12-15(8-9-19(18)39-16)29-23(35)40-24(2,3)25(26,27)28/h8-9,12,14,16H,5-7,10-11,13H2,1-4H3,(H,29,35)(H,33,34)/t14-,16-/m0/s1. The summed E-state index contributed by atoms with van der Waals surface area (Å²) in [5, 5.41) is 15.9. The number of hydrogen-bond acceptors (Lipinski definition) is 8. The van der Waals surface area contributed by atoms with Gasteiger partial charge in [0.25, 0.3) is 15.9 Å². The van der Waals surface area contributed by atoms with Gasteiger partial charge in [0.15, 0.2) is 4.90 Å². The number of nitrogens with zero attached hydrogens (tertiary/aromatic N) is 3. The van der Waals surface area contributed by atoms with Crippen LogP contribution in [0.3, 0.4) is 0 Å². The third-order valence-electron chi connectivity index (χ3n) is 6.96. The number of aromatic nitrogens is 2. The molecule has 0 bridgehead atoms. The maximum atomic E-state index is 14.2. The molecule has 41 heavy (non-hydrogen) atoms. The molecule has 0 saturated carbocycles. The van der Waals surface area contributed by atoms with Gasteiger partial charge >= 0.3 is 18.2 Å². The number of aliphatic carboxylic acids is 1. The SMILES string of the molecule is COc1nn2c(c1S(=O)(=O)N1C[C@H](C[C@H](C)C(=O)O)Oc3ccc(NC(=O)OC(C)(C)C(F)(F)F)cc31)CCCC2. The number of ether oxygens (including phenoxy) is 3. The van der Waals surface area contributed by atoms with Gasteiger partial charge in [-0.3, -0.25) is 19.1 Å². The number of benzene rings is 1. The summed E-state index contributed by atoms with van der Waals surface area (Å²) in [7, 11) is -3.09. The minimum Gasteiger partial charge on any atom is -0.486 e. The fraction of sp³-hybridized carbons (Fsp3) is 0.560. The number of sulfonamides is 1. The number of fused-ring (bicyclic) bond motifs is 2. The largest absolute Gasteiger partial charge is 0.486 e. The third kappa shape index (κ3) is 6.01. The zero-order valence-electron chi connectivity index (χ0n) is 22.8. The topological polar surface area (TPSA) is 149 Å². The lowest BCUT2D eigenvalue weighted by Crippen LogP contribution is -2.45. The molecule has 1 amide bonds. The Morgan fingerprint density at radius 3 is 2.61 bits per heavy atom. The summed E-state index contributed by atoms with van der Waals surface area (Å²) in [6.07, 6.45) is -5.11. The normalized spacial score (nSPS) is 18.0. The highest BCUT2D eigenvalue weighted by Crippen LogP contribution is 2.43. The molecule has 2 atom stereocenters. The molecule has 1 aromatic carbocycles. The fourth-order valence-electron chi connectivity index (χ4n) is 4.61. The number of alkyl halides is 3. The molecular formula is C25H31F3N4O8S. The first-order chi connectivity index (χ1) is 19.0. The van der Waals surface area contributed by atoms with Crippen LogP contribution >= 0.6 is 0 Å². The molecule has 2 aliphatic heterocycles. The Balaban J connectivity index is 1.74. The quantitative estimate of drug-likeness (QED) is 0.452. The molecule has 2 aromatic rings. The molecule has 0 spiro atoms. The van der Waals surface area contributed by atoms with Gasteiger partial charge in [-0.1, -0.05) is 6.92 Å². The predicted molar refractivity (Wildman–Crippen MR) is 139 cm³/mol. The minimum absolute atomic E-state index is 0.0110. The Kier molecular flexibility index (Phi) is 8.08. The molecule has 0 aliphatic carbocycles. The zero-order valence-corrected chi connectivity index (χ0v) is 23.6. The van der Waals surface area contributed by atoms with Crippen LogP contribution in [0, 0.1) is 5.92 Å². The monoisotopic (exact) mass is 604 g/mol. The smallest absolute Gasteiger partial charge is 0.427 e. The first kappa shape index (κ1) is 30.3. The lowest BCUT2D eigenvalue weighted by Gasteiger charge is -2.36. The zero-order chi connectivity index (χ0) is 30.3. The molecule has 4 rings (SSSR count). The van der Waals surface area contributed by atoms with Gasteiger partial charge in [0.05, 0.1) is 31.0 Å². The third-order valence-corrected chi connectivity index (χ3v) is 8.81. The van der Waals surface area contributed by atoms with E-state index in [1.807, 2.05) is 0 Å². The van der Waals surface area contributed by atoms with E-state index in [4.69, 9.17) is 9.47 Å². The predicted octanol–water partition coefficient (Wildman–Crippen LogP) is 4.18. The van der Waals surface area contributed by atoms with Crippen LogP contribution in [0.2, 0.25) is 0 Å². The lowest BCUT2D eigenvalue weighted by molar-refractivity contribution is -0.242. The van der Waals surface area contributed by atoms with Crippen molar-refractivity contribution < 1.29 is 50.5 Å². The molecule has 1 aromatic heterocycles. The second kappa shape index (κ2) is 10.9. The average Bonchev–Trinajstić information content (AvgIpc) is 3.27. The van der Waals surface area contributed by atoms with Crippen molar-refractivity contribution in [2.45, 2.75) is 75.8 Å². The summed E-state index contributed by atoms with van der Waals surface area (Å²) >= 11 is 0. The number of carbonyl (C=O) groups is 2. The highest BCUT2D eigenvalue weighted by atomic mass is 32.2. The number of anilines is 2. The van der Waals surface area contributed by atoms with Crippen LogP contribution < -0.4 is 19.1 Å². The van der Waals surface area contributed by atoms with E-state index in [0.717, 1.165) is 17.1 Å². The lowest BCUT2D eigenvalue weighted by atomic mass is 10.0. The van der Waals surface area contributed by atoms with E-state index in [2.05, 4.69) is 15.2 Å². The highest BCUT2D eigenvalue weighted by molar-refractivity contribution is 7.93. The summed E-state index contributed by atoms with van der Waals surface area (Å²) in [5.74, 6) is -1.96. The second-order valence-electron chi connectivity index (χ2n) is 10.4. The van der Waals surface area contributed by atoms with Gasteiger partial charge in [-0.15, -0.1) is 5.10 Å². The number of hydrogen-bond donors (Lipinski definition) is 2. The maximum Gasteiger partial charge on any atom is 0.427 e. The van der Waals surface area contributed by atoms with E-state index in [0.29, 0.717) is 32.5 Å². The van der Waals surface area contributed by atoms with Crippen molar-refractivity contribution >= 4 is 33.5 Å². The van der Waals surface area contributed by atoms with Gasteiger partial charge in [-0.2, -0.15) is 13.2 Å². The summed E-state index contributed by atoms with van der Waals surface area (Å²) < 4.78 is 86.5. The van der Waals surface area contributed by atoms with Crippen LogP contribution in [0.15, 0.2) is 23.1 Å². The first-order valence-electron chi connectivity index (χ1n) is 12.8. The Morgan fingerprint density at radius 1 is 1.27 bits per heavy atom. The highest BCUT2D eigenvalue weighted by Gasteiger charge is 2.51. The Bertz CT molecular complexity index is 1440. The van der Waals surface area contributed by atoms with Crippen LogP contribution in [-0.2, 0) is 32.5 Å². The number of methoxy groups -OCH3 is 1. The number of rotatable bonds is 8. The van der Waals surface area contributed by atoms with Gasteiger partial charge in [-0.25, -0.2) is 13.2 Å². The number of carbonyl (C=O) groups excluding carboxylic acids is 1. The van der Waals surface area contributed by atoms with Crippen molar-refractivity contribution in [3.63, 3.8) is 0 Å². The number of carboxylic acid groups (broad SMARTS) is 1. The summed E-state index contributed by atoms with van der Waals surface area (Å²) in [6.45, 7) is 3.08. The molecule has 0 fully saturated rings. The molecule has 0 radical (unpaired) electrons. The van der Waals surface area contributed by atoms with Crippen molar-refractivity contribution in [2.75, 3.05) is 23.3 Å². The van der Waals surface area contributed by atoms with Gasteiger partial charge in [-0.05, 0) is 57.7 Å². The van der Waals surface area contributed by atoms with Gasteiger partial charge in [0, 0.05) is 12.2 Å². The number of nitrogens with one attached hydrogen (secondary N) is 1. The van der Waals surface area contributed by atoms with Gasteiger partial charge in [0.1, 0.15) is 11.9 Å². The van der Waals surface area contributed by atoms with E-state index >= 15 is 0 Å². The molecule has 2 aliphatic rings. The number of amides is 1. The van der Waals surface area contributed by atoms with E-state index < -0.39 is 45.9 Å². The van der Waals surface area contributed by atoms with E-state index in [1.165, 1.54) is 32.2 Å². The molecule has 0 unspecified atom stereocenters. The van der Waals surface area contributed by atoms with E-state index in [-0.39, 0.29) is 40.9 Å². The van der Waals surface area contributed by atoms with Crippen LogP contribution in [-0.4, -0.2) is 66.9 Å². The van der Waals surface area contributed by atoms with Crippen LogP contribution in [0.1, 0.15) is 45.7 Å². The molecule has 2 N–H and O–H groups in total. The molecule has 226 valence electrons. The van der Waals surface area contributed by atoms with Gasteiger partial charge in [0.2, 0.25) is 5.60 Å². The fourth-order valence-corrected chi connectivity index (χ4v) is 6.44. The van der Waals surface area contributed by atoms with Crippen molar-refractivity contribution in [3.8, 4) is 11.6 Å². The van der Waals surface area contributed by atoms with E-state index in [1.54, 1.807) is 4.68 Å². The number of carboxylic acids is 1. The van der Waals surface area contributed by atoms with Crippen LogP contribution in [0.5, 0.6) is 11.6 Å². The Labute approximate surface area is 234 Å².